The fourth-order valence-electron chi connectivity index (χ4n) is 2.49. The van der Waals surface area contributed by atoms with Gasteiger partial charge in [0, 0.05) is 6.07 Å². The van der Waals surface area contributed by atoms with E-state index in [0.717, 1.165) is 22.3 Å². The van der Waals surface area contributed by atoms with Crippen molar-refractivity contribution in [2.75, 3.05) is 14.2 Å². The largest absolute Gasteiger partial charge is 0.493 e. The molecule has 0 aliphatic rings. The van der Waals surface area contributed by atoms with Gasteiger partial charge in [-0.3, -0.25) is 4.57 Å². The van der Waals surface area contributed by atoms with Crippen molar-refractivity contribution < 1.29 is 9.47 Å². The van der Waals surface area contributed by atoms with Gasteiger partial charge in [0.25, 0.3) is 0 Å². The van der Waals surface area contributed by atoms with E-state index in [0.29, 0.717) is 16.3 Å². The van der Waals surface area contributed by atoms with E-state index in [2.05, 4.69) is 18.0 Å². The maximum Gasteiger partial charge on any atom is 0.182 e. The number of H-pyrrole nitrogens is 1. The highest BCUT2D eigenvalue weighted by Gasteiger charge is 2.11. The molecule has 108 valence electrons. The van der Waals surface area contributed by atoms with Crippen molar-refractivity contribution in [1.29, 1.82) is 0 Å². The van der Waals surface area contributed by atoms with Crippen LogP contribution in [0.3, 0.4) is 0 Å². The zero-order valence-electron chi connectivity index (χ0n) is 12.1. The van der Waals surface area contributed by atoms with Crippen LogP contribution in [0.1, 0.15) is 5.56 Å². The number of methoxy groups -OCH3 is 2. The molecule has 0 amide bonds. The standard InChI is InChI=1S/C16H16N2O2S/c1-10-5-4-6-12-15(10)17-16(21)18(12)11-7-8-13(19-2)14(9-11)20-3/h4-9H,1-3H3,(H,17,21). The summed E-state index contributed by atoms with van der Waals surface area (Å²) in [5.74, 6) is 1.38. The molecule has 0 saturated heterocycles. The molecule has 0 spiro atoms. The van der Waals surface area contributed by atoms with Crippen molar-refractivity contribution in [1.82, 2.24) is 9.55 Å². The van der Waals surface area contributed by atoms with E-state index in [1.807, 2.05) is 34.9 Å². The van der Waals surface area contributed by atoms with Gasteiger partial charge in [-0.15, -0.1) is 0 Å². The molecule has 5 heteroatoms. The maximum atomic E-state index is 5.47. The third-order valence-corrected chi connectivity index (χ3v) is 3.84. The Morgan fingerprint density at radius 3 is 2.52 bits per heavy atom. The van der Waals surface area contributed by atoms with Crippen molar-refractivity contribution >= 4 is 23.3 Å². The van der Waals surface area contributed by atoms with Crippen molar-refractivity contribution in [2.24, 2.45) is 0 Å². The van der Waals surface area contributed by atoms with Crippen LogP contribution in [0.2, 0.25) is 0 Å². The SMILES string of the molecule is COc1ccc(-n2c(=S)[nH]c3c(C)cccc32)cc1OC. The smallest absolute Gasteiger partial charge is 0.182 e. The summed E-state index contributed by atoms with van der Waals surface area (Å²) < 4.78 is 13.3. The quantitative estimate of drug-likeness (QED) is 0.743. The van der Waals surface area contributed by atoms with Gasteiger partial charge in [0.2, 0.25) is 0 Å². The predicted octanol–water partition coefficient (Wildman–Crippen LogP) is 4.01. The number of nitrogens with zero attached hydrogens (tertiary/aromatic N) is 1. The van der Waals surface area contributed by atoms with Crippen LogP contribution in [0.15, 0.2) is 36.4 Å². The van der Waals surface area contributed by atoms with E-state index in [9.17, 15) is 0 Å². The van der Waals surface area contributed by atoms with Crippen LogP contribution in [-0.2, 0) is 0 Å². The lowest BCUT2D eigenvalue weighted by molar-refractivity contribution is 0.355. The van der Waals surface area contributed by atoms with Gasteiger partial charge in [0.05, 0.1) is 30.9 Å². The van der Waals surface area contributed by atoms with E-state index in [4.69, 9.17) is 21.7 Å². The minimum absolute atomic E-state index is 0.659. The lowest BCUT2D eigenvalue weighted by Gasteiger charge is -2.11. The predicted molar refractivity (Wildman–Crippen MR) is 86.3 cm³/mol. The van der Waals surface area contributed by atoms with Gasteiger partial charge in [-0.1, -0.05) is 12.1 Å². The summed E-state index contributed by atoms with van der Waals surface area (Å²) in [7, 11) is 3.25. The molecule has 4 nitrogen and oxygen atoms in total. The lowest BCUT2D eigenvalue weighted by atomic mass is 10.2. The topological polar surface area (TPSA) is 39.2 Å². The Kier molecular flexibility index (Phi) is 3.43. The second-order valence-electron chi connectivity index (χ2n) is 4.77. The monoisotopic (exact) mass is 300 g/mol. The molecule has 0 aliphatic carbocycles. The first-order valence-corrected chi connectivity index (χ1v) is 6.99. The first-order chi connectivity index (χ1) is 10.2. The number of benzene rings is 2. The third-order valence-electron chi connectivity index (χ3n) is 3.55. The van der Waals surface area contributed by atoms with Gasteiger partial charge >= 0.3 is 0 Å². The molecule has 0 fully saturated rings. The number of hydrogen-bond acceptors (Lipinski definition) is 3. The van der Waals surface area contributed by atoms with E-state index in [1.54, 1.807) is 14.2 Å². The third kappa shape index (κ3) is 2.19. The molecular formula is C16H16N2O2S. The molecule has 1 N–H and O–H groups in total. The summed E-state index contributed by atoms with van der Waals surface area (Å²) in [5, 5.41) is 0. The molecule has 1 aromatic heterocycles. The zero-order chi connectivity index (χ0) is 15.0. The fraction of sp³-hybridized carbons (Fsp3) is 0.188. The number of rotatable bonds is 3. The number of imidazole rings is 1. The van der Waals surface area contributed by atoms with Crippen LogP contribution in [0, 0.1) is 11.7 Å². The molecule has 0 bridgehead atoms. The molecule has 0 saturated carbocycles. The summed E-state index contributed by atoms with van der Waals surface area (Å²) in [5.41, 5.74) is 4.21. The van der Waals surface area contributed by atoms with Crippen molar-refractivity contribution in [2.45, 2.75) is 6.92 Å². The molecule has 3 aromatic rings. The number of aromatic amines is 1. The Morgan fingerprint density at radius 1 is 1.05 bits per heavy atom. The summed E-state index contributed by atoms with van der Waals surface area (Å²) in [6, 6.07) is 11.9. The highest BCUT2D eigenvalue weighted by atomic mass is 32.1. The second kappa shape index (κ2) is 5.26. The van der Waals surface area contributed by atoms with E-state index in [1.165, 1.54) is 0 Å². The molecule has 1 heterocycles. The summed E-state index contributed by atoms with van der Waals surface area (Å²) >= 11 is 5.47. The average Bonchev–Trinajstić information content (AvgIpc) is 2.84. The molecular weight excluding hydrogens is 284 g/mol. The van der Waals surface area contributed by atoms with Gasteiger partial charge in [-0.2, -0.15) is 0 Å². The van der Waals surface area contributed by atoms with Gasteiger partial charge in [0.1, 0.15) is 0 Å². The van der Waals surface area contributed by atoms with Crippen LogP contribution in [0.4, 0.5) is 0 Å². The number of hydrogen-bond donors (Lipinski definition) is 1. The first kappa shape index (κ1) is 13.7. The Hall–Kier alpha value is -2.27. The van der Waals surface area contributed by atoms with E-state index in [-0.39, 0.29) is 0 Å². The minimum atomic E-state index is 0.659. The van der Waals surface area contributed by atoms with Crippen LogP contribution in [0.5, 0.6) is 11.5 Å². The summed E-state index contributed by atoms with van der Waals surface area (Å²) in [4.78, 5) is 3.27. The van der Waals surface area contributed by atoms with E-state index >= 15 is 0 Å². The van der Waals surface area contributed by atoms with E-state index < -0.39 is 0 Å². The van der Waals surface area contributed by atoms with Gasteiger partial charge < -0.3 is 14.5 Å². The number of aromatic nitrogens is 2. The Labute approximate surface area is 127 Å². The molecule has 2 aromatic carbocycles. The van der Waals surface area contributed by atoms with Crippen LogP contribution in [0.25, 0.3) is 16.7 Å². The fourth-order valence-corrected chi connectivity index (χ4v) is 2.80. The van der Waals surface area contributed by atoms with Gasteiger partial charge in [-0.25, -0.2) is 0 Å². The van der Waals surface area contributed by atoms with Crippen LogP contribution in [-0.4, -0.2) is 23.8 Å². The zero-order valence-corrected chi connectivity index (χ0v) is 13.0. The average molecular weight is 300 g/mol. The molecule has 0 atom stereocenters. The summed E-state index contributed by atoms with van der Waals surface area (Å²) in [6.45, 7) is 2.06. The second-order valence-corrected chi connectivity index (χ2v) is 5.16. The highest BCUT2D eigenvalue weighted by molar-refractivity contribution is 7.71. The maximum absolute atomic E-state index is 5.47. The Bertz CT molecular complexity index is 864. The lowest BCUT2D eigenvalue weighted by Crippen LogP contribution is -1.97. The van der Waals surface area contributed by atoms with Crippen LogP contribution >= 0.6 is 12.2 Å². The van der Waals surface area contributed by atoms with Gasteiger partial charge in [-0.05, 0) is 42.9 Å². The van der Waals surface area contributed by atoms with Crippen molar-refractivity contribution in [3.05, 3.63) is 46.7 Å². The Balaban J connectivity index is 2.28. The summed E-state index contributed by atoms with van der Waals surface area (Å²) in [6.07, 6.45) is 0. The number of para-hydroxylation sites is 1. The molecule has 0 radical (unpaired) electrons. The number of fused-ring (bicyclic) bond motifs is 1. The van der Waals surface area contributed by atoms with Gasteiger partial charge in [0.15, 0.2) is 16.3 Å². The minimum Gasteiger partial charge on any atom is -0.493 e. The number of aryl methyl sites for hydroxylation is 1. The normalized spacial score (nSPS) is 10.8. The number of nitrogens with one attached hydrogen (secondary N) is 1. The highest BCUT2D eigenvalue weighted by Crippen LogP contribution is 2.31. The molecule has 0 unspecified atom stereocenters. The molecule has 21 heavy (non-hydrogen) atoms. The Morgan fingerprint density at radius 2 is 1.81 bits per heavy atom. The molecule has 0 aliphatic heterocycles. The molecule has 3 rings (SSSR count). The number of ether oxygens (including phenoxy) is 2. The van der Waals surface area contributed by atoms with Crippen molar-refractivity contribution in [3.63, 3.8) is 0 Å². The first-order valence-electron chi connectivity index (χ1n) is 6.58. The van der Waals surface area contributed by atoms with Crippen LogP contribution < -0.4 is 9.47 Å². The van der Waals surface area contributed by atoms with Crippen molar-refractivity contribution in [3.8, 4) is 17.2 Å².